The highest BCUT2D eigenvalue weighted by Crippen LogP contribution is 2.37. The molecule has 1 aromatic heterocycles. The molecule has 1 unspecified atom stereocenters. The number of carbonyl (C=O) groups is 1. The summed E-state index contributed by atoms with van der Waals surface area (Å²) in [5, 5.41) is 9.26. The zero-order valence-corrected chi connectivity index (χ0v) is 19.5. The van der Waals surface area contributed by atoms with Gasteiger partial charge in [0.1, 0.15) is 5.56 Å². The molecular formula is C27H30N4O2. The van der Waals surface area contributed by atoms with Gasteiger partial charge in [-0.1, -0.05) is 36.4 Å². The largest absolute Gasteiger partial charge is 0.462 e. The highest BCUT2D eigenvalue weighted by Gasteiger charge is 2.33. The van der Waals surface area contributed by atoms with Crippen LogP contribution in [-0.4, -0.2) is 48.4 Å². The first-order chi connectivity index (χ1) is 16.1. The molecule has 3 aromatic rings. The molecule has 5 rings (SSSR count). The number of ether oxygens (including phenoxy) is 1. The van der Waals surface area contributed by atoms with Crippen molar-refractivity contribution in [1.29, 1.82) is 0 Å². The monoisotopic (exact) mass is 442 g/mol. The van der Waals surface area contributed by atoms with Gasteiger partial charge in [-0.15, -0.1) is 10.2 Å². The van der Waals surface area contributed by atoms with Crippen molar-refractivity contribution < 1.29 is 9.53 Å². The molecule has 6 heteroatoms. The summed E-state index contributed by atoms with van der Waals surface area (Å²) in [6.45, 7) is 8.92. The van der Waals surface area contributed by atoms with Gasteiger partial charge in [-0.25, -0.2) is 4.79 Å². The van der Waals surface area contributed by atoms with Gasteiger partial charge < -0.3 is 14.5 Å². The molecule has 170 valence electrons. The van der Waals surface area contributed by atoms with Gasteiger partial charge in [0.25, 0.3) is 0 Å². The minimum Gasteiger partial charge on any atom is -0.462 e. The first kappa shape index (κ1) is 21.4. The Bertz CT molecular complexity index is 1190. The molecule has 0 saturated carbocycles. The van der Waals surface area contributed by atoms with Crippen LogP contribution < -0.4 is 9.80 Å². The summed E-state index contributed by atoms with van der Waals surface area (Å²) in [5.74, 6) is 0.356. The standard InChI is InChI=1S/C27H30N4O2/c1-4-33-27(32)24-23-13-12-20-9-5-6-11-22(20)25(23)28-29-26(24)30-14-15-31(19(3)17-30)21-10-7-8-18(2)16-21/h5-11,16,19H,4,12-15,17H2,1-3H3. The molecule has 6 nitrogen and oxygen atoms in total. The number of aryl methyl sites for hydroxylation is 2. The van der Waals surface area contributed by atoms with E-state index in [0.717, 1.165) is 49.3 Å². The van der Waals surface area contributed by atoms with Crippen LogP contribution in [0.15, 0.2) is 48.5 Å². The molecule has 0 bridgehead atoms. The summed E-state index contributed by atoms with van der Waals surface area (Å²) in [6, 6.07) is 17.2. The van der Waals surface area contributed by atoms with E-state index in [4.69, 9.17) is 4.74 Å². The summed E-state index contributed by atoms with van der Waals surface area (Å²) in [7, 11) is 0. The molecule has 1 aliphatic carbocycles. The number of hydrogen-bond acceptors (Lipinski definition) is 6. The Morgan fingerprint density at radius 3 is 2.73 bits per heavy atom. The zero-order valence-electron chi connectivity index (χ0n) is 19.5. The Morgan fingerprint density at radius 1 is 1.09 bits per heavy atom. The van der Waals surface area contributed by atoms with E-state index in [9.17, 15) is 4.79 Å². The van der Waals surface area contributed by atoms with Gasteiger partial charge in [0.15, 0.2) is 5.82 Å². The third-order valence-corrected chi connectivity index (χ3v) is 6.71. The third-order valence-electron chi connectivity index (χ3n) is 6.71. The number of carbonyl (C=O) groups excluding carboxylic acids is 1. The van der Waals surface area contributed by atoms with Crippen LogP contribution in [0.2, 0.25) is 0 Å². The molecule has 0 spiro atoms. The lowest BCUT2D eigenvalue weighted by molar-refractivity contribution is 0.0525. The van der Waals surface area contributed by atoms with Crippen molar-refractivity contribution in [3.8, 4) is 11.3 Å². The normalized spacial score (nSPS) is 17.4. The molecule has 2 aromatic carbocycles. The van der Waals surface area contributed by atoms with Crippen molar-refractivity contribution in [2.45, 2.75) is 39.7 Å². The van der Waals surface area contributed by atoms with Crippen LogP contribution in [0.5, 0.6) is 0 Å². The Morgan fingerprint density at radius 2 is 1.94 bits per heavy atom. The maximum absolute atomic E-state index is 13.2. The van der Waals surface area contributed by atoms with Gasteiger partial charge in [-0.2, -0.15) is 0 Å². The quantitative estimate of drug-likeness (QED) is 0.557. The van der Waals surface area contributed by atoms with Crippen LogP contribution in [0, 0.1) is 6.92 Å². The number of rotatable bonds is 4. The first-order valence-corrected chi connectivity index (χ1v) is 11.8. The van der Waals surface area contributed by atoms with Crippen LogP contribution in [-0.2, 0) is 17.6 Å². The van der Waals surface area contributed by atoms with Gasteiger partial charge >= 0.3 is 5.97 Å². The predicted octanol–water partition coefficient (Wildman–Crippen LogP) is 4.44. The molecule has 2 aliphatic rings. The van der Waals surface area contributed by atoms with Crippen LogP contribution >= 0.6 is 0 Å². The minimum absolute atomic E-state index is 0.272. The second-order valence-corrected chi connectivity index (χ2v) is 8.93. The van der Waals surface area contributed by atoms with E-state index in [1.807, 2.05) is 19.1 Å². The van der Waals surface area contributed by atoms with Crippen LogP contribution in [0.3, 0.4) is 0 Å². The summed E-state index contributed by atoms with van der Waals surface area (Å²) in [6.07, 6.45) is 1.65. The lowest BCUT2D eigenvalue weighted by Crippen LogP contribution is -2.53. The number of benzene rings is 2. The van der Waals surface area contributed by atoms with Gasteiger partial charge in [0.2, 0.25) is 0 Å². The van der Waals surface area contributed by atoms with Crippen molar-refractivity contribution in [3.05, 3.63) is 70.8 Å². The van der Waals surface area contributed by atoms with Crippen LogP contribution in [0.4, 0.5) is 11.5 Å². The van der Waals surface area contributed by atoms with E-state index in [1.54, 1.807) is 0 Å². The van der Waals surface area contributed by atoms with Crippen molar-refractivity contribution in [1.82, 2.24) is 10.2 Å². The lowest BCUT2D eigenvalue weighted by atomic mass is 9.87. The molecule has 0 amide bonds. The number of aromatic nitrogens is 2. The van der Waals surface area contributed by atoms with Crippen LogP contribution in [0.25, 0.3) is 11.3 Å². The lowest BCUT2D eigenvalue weighted by Gasteiger charge is -2.42. The number of anilines is 2. The summed E-state index contributed by atoms with van der Waals surface area (Å²) < 4.78 is 5.50. The maximum Gasteiger partial charge on any atom is 0.342 e. The molecule has 1 saturated heterocycles. The predicted molar refractivity (Wildman–Crippen MR) is 131 cm³/mol. The molecule has 1 fully saturated rings. The smallest absolute Gasteiger partial charge is 0.342 e. The fourth-order valence-electron chi connectivity index (χ4n) is 5.13. The molecule has 33 heavy (non-hydrogen) atoms. The number of piperazine rings is 1. The summed E-state index contributed by atoms with van der Waals surface area (Å²) in [4.78, 5) is 17.8. The van der Waals surface area contributed by atoms with Crippen LogP contribution in [0.1, 0.15) is 40.9 Å². The third kappa shape index (κ3) is 3.94. The fourth-order valence-corrected chi connectivity index (χ4v) is 5.13. The molecule has 0 N–H and O–H groups in total. The number of hydrogen-bond donors (Lipinski definition) is 0. The Hall–Kier alpha value is -3.41. The fraction of sp³-hybridized carbons (Fsp3) is 0.370. The highest BCUT2D eigenvalue weighted by molar-refractivity contribution is 5.98. The van der Waals surface area contributed by atoms with E-state index < -0.39 is 0 Å². The molecule has 1 atom stereocenters. The summed E-state index contributed by atoms with van der Waals surface area (Å²) >= 11 is 0. The molecule has 2 heterocycles. The van der Waals surface area contributed by atoms with Crippen molar-refractivity contribution in [2.24, 2.45) is 0 Å². The van der Waals surface area contributed by atoms with Crippen molar-refractivity contribution >= 4 is 17.5 Å². The van der Waals surface area contributed by atoms with E-state index in [0.29, 0.717) is 18.0 Å². The Balaban J connectivity index is 1.51. The molecule has 0 radical (unpaired) electrons. The first-order valence-electron chi connectivity index (χ1n) is 11.8. The van der Waals surface area contributed by atoms with Crippen molar-refractivity contribution in [2.75, 3.05) is 36.0 Å². The topological polar surface area (TPSA) is 58.6 Å². The van der Waals surface area contributed by atoms with E-state index in [1.165, 1.54) is 16.8 Å². The SMILES string of the molecule is CCOC(=O)c1c(N2CCN(c3cccc(C)c3)C(C)C2)nnc2c1CCc1ccccc1-2. The van der Waals surface area contributed by atoms with Gasteiger partial charge in [0.05, 0.1) is 12.3 Å². The van der Waals surface area contributed by atoms with Gasteiger partial charge in [-0.3, -0.25) is 0 Å². The maximum atomic E-state index is 13.2. The highest BCUT2D eigenvalue weighted by atomic mass is 16.5. The second-order valence-electron chi connectivity index (χ2n) is 8.93. The summed E-state index contributed by atoms with van der Waals surface area (Å²) in [5.41, 5.74) is 7.19. The molecular weight excluding hydrogens is 412 g/mol. The number of nitrogens with zero attached hydrogens (tertiary/aromatic N) is 4. The number of esters is 1. The Kier molecular flexibility index (Phi) is 5.75. The van der Waals surface area contributed by atoms with E-state index in [2.05, 4.69) is 70.2 Å². The molecule has 1 aliphatic heterocycles. The Labute approximate surface area is 195 Å². The van der Waals surface area contributed by atoms with Gasteiger partial charge in [0, 0.05) is 36.9 Å². The average Bonchev–Trinajstić information content (AvgIpc) is 2.83. The second kappa shape index (κ2) is 8.85. The van der Waals surface area contributed by atoms with E-state index in [-0.39, 0.29) is 12.0 Å². The van der Waals surface area contributed by atoms with E-state index >= 15 is 0 Å². The van der Waals surface area contributed by atoms with Gasteiger partial charge in [-0.05, 0) is 62.4 Å². The average molecular weight is 443 g/mol. The number of fused-ring (bicyclic) bond motifs is 3. The zero-order chi connectivity index (χ0) is 22.9. The minimum atomic E-state index is -0.299. The van der Waals surface area contributed by atoms with Crippen molar-refractivity contribution in [3.63, 3.8) is 0 Å².